The predicted octanol–water partition coefficient (Wildman–Crippen LogP) is 1.09. The van der Waals surface area contributed by atoms with Crippen molar-refractivity contribution in [1.29, 1.82) is 5.26 Å². The van der Waals surface area contributed by atoms with Crippen LogP contribution in [-0.2, 0) is 14.8 Å². The molecular weight excluding hydrogens is 268 g/mol. The second-order valence-electron chi connectivity index (χ2n) is 4.70. The lowest BCUT2D eigenvalue weighted by Crippen LogP contribution is -2.44. The number of nitriles is 1. The van der Waals surface area contributed by atoms with E-state index in [-0.39, 0.29) is 16.9 Å². The van der Waals surface area contributed by atoms with Gasteiger partial charge in [-0.1, -0.05) is 6.07 Å². The Bertz CT molecular complexity index is 629. The van der Waals surface area contributed by atoms with Gasteiger partial charge in [0.2, 0.25) is 10.0 Å². The van der Waals surface area contributed by atoms with E-state index in [2.05, 4.69) is 4.72 Å². The number of hydrogen-bond acceptors (Lipinski definition) is 4. The molecular formula is C12H14N2O4S. The van der Waals surface area contributed by atoms with Gasteiger partial charge in [0, 0.05) is 5.54 Å². The van der Waals surface area contributed by atoms with Crippen LogP contribution < -0.4 is 4.72 Å². The Balaban J connectivity index is 3.05. The molecule has 19 heavy (non-hydrogen) atoms. The second-order valence-corrected chi connectivity index (χ2v) is 6.38. The number of nitrogens with one attached hydrogen (secondary N) is 1. The average molecular weight is 282 g/mol. The topological polar surface area (TPSA) is 107 Å². The summed E-state index contributed by atoms with van der Waals surface area (Å²) in [6.45, 7) is 2.96. The van der Waals surface area contributed by atoms with Crippen LogP contribution >= 0.6 is 0 Å². The van der Waals surface area contributed by atoms with Crippen LogP contribution in [0.2, 0.25) is 0 Å². The zero-order valence-corrected chi connectivity index (χ0v) is 11.4. The standard InChI is InChI=1S/C12H14N2O4S/c1-12(2,7-11(15)16)14-19(17,18)10-5-3-4-9(6-10)8-13/h3-6,14H,7H2,1-2H3,(H,15,16). The molecule has 1 aromatic rings. The molecule has 7 heteroatoms. The van der Waals surface area contributed by atoms with E-state index in [1.165, 1.54) is 38.1 Å². The first-order valence-electron chi connectivity index (χ1n) is 5.42. The Morgan fingerprint density at radius 3 is 2.63 bits per heavy atom. The molecule has 0 aliphatic carbocycles. The maximum atomic E-state index is 12.1. The first-order chi connectivity index (χ1) is 8.66. The lowest BCUT2D eigenvalue weighted by atomic mass is 10.0. The summed E-state index contributed by atoms with van der Waals surface area (Å²) in [6.07, 6.45) is -0.343. The minimum absolute atomic E-state index is 0.0648. The highest BCUT2D eigenvalue weighted by atomic mass is 32.2. The zero-order valence-electron chi connectivity index (χ0n) is 10.5. The molecule has 0 aromatic heterocycles. The van der Waals surface area contributed by atoms with Crippen LogP contribution in [-0.4, -0.2) is 25.0 Å². The molecule has 0 unspecified atom stereocenters. The quantitative estimate of drug-likeness (QED) is 0.840. The van der Waals surface area contributed by atoms with Gasteiger partial charge in [-0.15, -0.1) is 0 Å². The van der Waals surface area contributed by atoms with Crippen molar-refractivity contribution < 1.29 is 18.3 Å². The molecule has 1 aromatic carbocycles. The van der Waals surface area contributed by atoms with E-state index in [1.54, 1.807) is 0 Å². The zero-order chi connectivity index (χ0) is 14.7. The summed E-state index contributed by atoms with van der Waals surface area (Å²) in [4.78, 5) is 10.6. The fraction of sp³-hybridized carbons (Fsp3) is 0.333. The van der Waals surface area contributed by atoms with E-state index in [0.29, 0.717) is 0 Å². The maximum Gasteiger partial charge on any atom is 0.305 e. The van der Waals surface area contributed by atoms with Crippen molar-refractivity contribution in [2.24, 2.45) is 0 Å². The Labute approximate surface area is 111 Å². The van der Waals surface area contributed by atoms with Gasteiger partial charge in [-0.05, 0) is 32.0 Å². The molecule has 0 amide bonds. The Morgan fingerprint density at radius 1 is 1.47 bits per heavy atom. The summed E-state index contributed by atoms with van der Waals surface area (Å²) >= 11 is 0. The van der Waals surface area contributed by atoms with Crippen molar-refractivity contribution >= 4 is 16.0 Å². The molecule has 0 fully saturated rings. The number of hydrogen-bond donors (Lipinski definition) is 2. The van der Waals surface area contributed by atoms with Crippen molar-refractivity contribution in [3.05, 3.63) is 29.8 Å². The number of nitrogens with zero attached hydrogens (tertiary/aromatic N) is 1. The van der Waals surface area contributed by atoms with Gasteiger partial charge in [-0.3, -0.25) is 4.79 Å². The number of carboxylic acids is 1. The van der Waals surface area contributed by atoms with Crippen molar-refractivity contribution in [3.63, 3.8) is 0 Å². The first kappa shape index (κ1) is 15.1. The molecule has 0 atom stereocenters. The Kier molecular flexibility index (Phi) is 4.29. The van der Waals surface area contributed by atoms with E-state index in [0.717, 1.165) is 0 Å². The summed E-state index contributed by atoms with van der Waals surface area (Å²) in [5.74, 6) is -1.10. The van der Waals surface area contributed by atoms with Crippen molar-refractivity contribution in [2.45, 2.75) is 30.7 Å². The van der Waals surface area contributed by atoms with Crippen LogP contribution in [0.25, 0.3) is 0 Å². The number of rotatable bonds is 5. The van der Waals surface area contributed by atoms with Crippen molar-refractivity contribution in [3.8, 4) is 6.07 Å². The lowest BCUT2D eigenvalue weighted by Gasteiger charge is -2.23. The number of benzene rings is 1. The Hall–Kier alpha value is -1.91. The van der Waals surface area contributed by atoms with Crippen molar-refractivity contribution in [2.75, 3.05) is 0 Å². The molecule has 0 bridgehead atoms. The normalized spacial score (nSPS) is 11.8. The first-order valence-corrected chi connectivity index (χ1v) is 6.90. The molecule has 0 saturated carbocycles. The van der Waals surface area contributed by atoms with Gasteiger partial charge in [0.15, 0.2) is 0 Å². The van der Waals surface area contributed by atoms with Gasteiger partial charge in [0.25, 0.3) is 0 Å². The smallest absolute Gasteiger partial charge is 0.305 e. The largest absolute Gasteiger partial charge is 0.481 e. The van der Waals surface area contributed by atoms with Gasteiger partial charge in [-0.25, -0.2) is 13.1 Å². The molecule has 0 aliphatic rings. The monoisotopic (exact) mass is 282 g/mol. The summed E-state index contributed by atoms with van der Waals surface area (Å²) in [5, 5.41) is 17.5. The van der Waals surface area contributed by atoms with Gasteiger partial charge >= 0.3 is 5.97 Å². The highest BCUT2D eigenvalue weighted by molar-refractivity contribution is 7.89. The van der Waals surface area contributed by atoms with Crippen LogP contribution in [0, 0.1) is 11.3 Å². The van der Waals surface area contributed by atoms with Crippen LogP contribution in [0.3, 0.4) is 0 Å². The molecule has 0 spiro atoms. The molecule has 102 valence electrons. The number of carbonyl (C=O) groups is 1. The number of carboxylic acid groups (broad SMARTS) is 1. The number of sulfonamides is 1. The van der Waals surface area contributed by atoms with Gasteiger partial charge in [0.1, 0.15) is 0 Å². The molecule has 2 N–H and O–H groups in total. The Morgan fingerprint density at radius 2 is 2.11 bits per heavy atom. The minimum Gasteiger partial charge on any atom is -0.481 e. The van der Waals surface area contributed by atoms with Crippen LogP contribution in [0.4, 0.5) is 0 Å². The van der Waals surface area contributed by atoms with E-state index in [1.807, 2.05) is 6.07 Å². The second kappa shape index (κ2) is 5.38. The average Bonchev–Trinajstić information content (AvgIpc) is 2.25. The molecule has 0 radical (unpaired) electrons. The van der Waals surface area contributed by atoms with Gasteiger partial charge in [-0.2, -0.15) is 5.26 Å². The van der Waals surface area contributed by atoms with Gasteiger partial charge < -0.3 is 5.11 Å². The maximum absolute atomic E-state index is 12.1. The predicted molar refractivity (Wildman–Crippen MR) is 67.8 cm³/mol. The summed E-state index contributed by atoms with van der Waals surface area (Å²) in [7, 11) is -3.86. The van der Waals surface area contributed by atoms with Gasteiger partial charge in [0.05, 0.1) is 22.9 Å². The van der Waals surface area contributed by atoms with E-state index in [9.17, 15) is 13.2 Å². The summed E-state index contributed by atoms with van der Waals surface area (Å²) < 4.78 is 26.5. The highest BCUT2D eigenvalue weighted by Gasteiger charge is 2.28. The van der Waals surface area contributed by atoms with E-state index >= 15 is 0 Å². The fourth-order valence-corrected chi connectivity index (χ4v) is 3.03. The van der Waals surface area contributed by atoms with Crippen LogP contribution in [0.15, 0.2) is 29.2 Å². The van der Waals surface area contributed by atoms with Crippen LogP contribution in [0.1, 0.15) is 25.8 Å². The van der Waals surface area contributed by atoms with Crippen molar-refractivity contribution in [1.82, 2.24) is 4.72 Å². The lowest BCUT2D eigenvalue weighted by molar-refractivity contribution is -0.138. The molecule has 0 saturated heterocycles. The SMILES string of the molecule is CC(C)(CC(=O)O)NS(=O)(=O)c1cccc(C#N)c1. The fourth-order valence-electron chi connectivity index (χ4n) is 1.57. The summed E-state index contributed by atoms with van der Waals surface area (Å²) in [6, 6.07) is 7.37. The molecule has 0 heterocycles. The minimum atomic E-state index is -3.86. The third-order valence-electron chi connectivity index (χ3n) is 2.28. The van der Waals surface area contributed by atoms with Crippen LogP contribution in [0.5, 0.6) is 0 Å². The number of aliphatic carboxylic acids is 1. The third kappa shape index (κ3) is 4.35. The highest BCUT2D eigenvalue weighted by Crippen LogP contribution is 2.16. The molecule has 6 nitrogen and oxygen atoms in total. The third-order valence-corrected chi connectivity index (χ3v) is 3.97. The molecule has 1 rings (SSSR count). The summed E-state index contributed by atoms with van der Waals surface area (Å²) in [5.41, 5.74) is -0.897. The molecule has 0 aliphatic heterocycles. The van der Waals surface area contributed by atoms with E-state index < -0.39 is 21.5 Å². The van der Waals surface area contributed by atoms with E-state index in [4.69, 9.17) is 10.4 Å².